The number of halogens is 2. The maximum Gasteiger partial charge on any atom is 0.172 e. The van der Waals surface area contributed by atoms with Crippen molar-refractivity contribution >= 4 is 39.0 Å². The molecule has 1 saturated heterocycles. The smallest absolute Gasteiger partial charge is 0.172 e. The van der Waals surface area contributed by atoms with Gasteiger partial charge in [-0.1, -0.05) is 29.8 Å². The third kappa shape index (κ3) is 3.71. The summed E-state index contributed by atoms with van der Waals surface area (Å²) in [6.45, 7) is 5.34. The number of hydrogen-bond donors (Lipinski definition) is 1. The van der Waals surface area contributed by atoms with E-state index in [1.807, 2.05) is 34.8 Å². The number of benzene rings is 1. The number of nitrogens with one attached hydrogen (secondary N) is 1. The molecule has 8 heteroatoms. The summed E-state index contributed by atoms with van der Waals surface area (Å²) in [5.41, 5.74) is 2.48. The Morgan fingerprint density at radius 2 is 2.04 bits per heavy atom. The van der Waals surface area contributed by atoms with Gasteiger partial charge in [0, 0.05) is 42.8 Å². The minimum atomic E-state index is 0.680. The molecule has 3 aromatic rings. The highest BCUT2D eigenvalue weighted by atomic mass is 79.9. The molecule has 0 radical (unpaired) electrons. The topological polar surface area (TPSA) is 54.7 Å². The van der Waals surface area contributed by atoms with E-state index in [0.717, 1.165) is 66.6 Å². The molecule has 1 aromatic carbocycles. The Bertz CT molecular complexity index is 910. The number of hydrogen-bond acceptors (Lipinski definition) is 5. The van der Waals surface area contributed by atoms with Crippen LogP contribution in [0.5, 0.6) is 0 Å². The van der Waals surface area contributed by atoms with Crippen molar-refractivity contribution in [1.29, 1.82) is 0 Å². The van der Waals surface area contributed by atoms with Crippen LogP contribution in [0.25, 0.3) is 16.9 Å². The third-order valence-electron chi connectivity index (χ3n) is 4.42. The second-order valence-corrected chi connectivity index (χ2v) is 7.38. The summed E-state index contributed by atoms with van der Waals surface area (Å²) < 4.78 is 8.06. The Morgan fingerprint density at radius 3 is 2.85 bits per heavy atom. The summed E-state index contributed by atoms with van der Waals surface area (Å²) in [6, 6.07) is 9.72. The molecule has 0 unspecified atom stereocenters. The minimum Gasteiger partial charge on any atom is -0.379 e. The van der Waals surface area contributed by atoms with E-state index in [1.54, 1.807) is 6.20 Å². The van der Waals surface area contributed by atoms with E-state index in [4.69, 9.17) is 21.3 Å². The summed E-state index contributed by atoms with van der Waals surface area (Å²) >= 11 is 9.90. The van der Waals surface area contributed by atoms with Gasteiger partial charge < -0.3 is 10.1 Å². The molecule has 0 bridgehead atoms. The fourth-order valence-corrected chi connectivity index (χ4v) is 3.62. The molecule has 0 amide bonds. The zero-order chi connectivity index (χ0) is 17.9. The first-order valence-electron chi connectivity index (χ1n) is 8.55. The lowest BCUT2D eigenvalue weighted by atomic mass is 10.1. The van der Waals surface area contributed by atoms with Crippen LogP contribution in [0, 0.1) is 0 Å². The third-order valence-corrected chi connectivity index (χ3v) is 5.31. The molecule has 26 heavy (non-hydrogen) atoms. The minimum absolute atomic E-state index is 0.680. The Kier molecular flexibility index (Phi) is 5.40. The average Bonchev–Trinajstić information content (AvgIpc) is 3.04. The zero-order valence-corrected chi connectivity index (χ0v) is 16.5. The van der Waals surface area contributed by atoms with Gasteiger partial charge in [0.1, 0.15) is 5.82 Å². The molecule has 0 aliphatic carbocycles. The van der Waals surface area contributed by atoms with E-state index in [-0.39, 0.29) is 0 Å². The number of aromatic nitrogens is 3. The molecule has 1 aliphatic heterocycles. The lowest BCUT2D eigenvalue weighted by Gasteiger charge is -2.26. The van der Waals surface area contributed by atoms with E-state index in [0.29, 0.717) is 5.02 Å². The molecule has 0 atom stereocenters. The van der Waals surface area contributed by atoms with Crippen molar-refractivity contribution in [2.45, 2.75) is 0 Å². The molecule has 2 aromatic heterocycles. The largest absolute Gasteiger partial charge is 0.379 e. The highest BCUT2D eigenvalue weighted by Gasteiger charge is 2.14. The van der Waals surface area contributed by atoms with Gasteiger partial charge in [0.05, 0.1) is 29.6 Å². The normalized spacial score (nSPS) is 15.5. The fourth-order valence-electron chi connectivity index (χ4n) is 3.04. The number of morpholine rings is 1. The van der Waals surface area contributed by atoms with E-state index < -0.39 is 0 Å². The first-order chi connectivity index (χ1) is 12.7. The molecular weight excluding hydrogens is 418 g/mol. The standard InChI is InChI=1S/C18H19BrClN5O/c19-14-12-22-25-17(21-5-6-24-7-9-26-10-8-24)11-16(23-18(14)25)13-3-1-2-4-15(13)20/h1-4,11-12,21H,5-10H2. The van der Waals surface area contributed by atoms with Gasteiger partial charge in [-0.2, -0.15) is 9.61 Å². The molecule has 6 nitrogen and oxygen atoms in total. The van der Waals surface area contributed by atoms with Crippen molar-refractivity contribution in [2.24, 2.45) is 0 Å². The van der Waals surface area contributed by atoms with Crippen LogP contribution in [0.3, 0.4) is 0 Å². The number of nitrogens with zero attached hydrogens (tertiary/aromatic N) is 4. The summed E-state index contributed by atoms with van der Waals surface area (Å²) in [7, 11) is 0. The van der Waals surface area contributed by atoms with Crippen LogP contribution in [0.15, 0.2) is 41.0 Å². The fraction of sp³-hybridized carbons (Fsp3) is 0.333. The van der Waals surface area contributed by atoms with Crippen LogP contribution >= 0.6 is 27.5 Å². The second-order valence-electron chi connectivity index (χ2n) is 6.12. The monoisotopic (exact) mass is 435 g/mol. The van der Waals surface area contributed by atoms with Crippen molar-refractivity contribution < 1.29 is 4.74 Å². The molecule has 1 aliphatic rings. The van der Waals surface area contributed by atoms with Gasteiger partial charge in [-0.15, -0.1) is 0 Å². The Labute approximate surface area is 165 Å². The molecular formula is C18H19BrClN5O. The van der Waals surface area contributed by atoms with Crippen molar-refractivity contribution in [1.82, 2.24) is 19.5 Å². The van der Waals surface area contributed by atoms with Crippen LogP contribution in [0.2, 0.25) is 5.02 Å². The maximum atomic E-state index is 6.37. The predicted molar refractivity (Wildman–Crippen MR) is 107 cm³/mol. The molecule has 4 rings (SSSR count). The second kappa shape index (κ2) is 7.92. The Morgan fingerprint density at radius 1 is 1.23 bits per heavy atom. The van der Waals surface area contributed by atoms with Gasteiger partial charge in [-0.3, -0.25) is 4.90 Å². The number of ether oxygens (including phenoxy) is 1. The first-order valence-corrected chi connectivity index (χ1v) is 9.72. The van der Waals surface area contributed by atoms with Gasteiger partial charge in [0.15, 0.2) is 5.65 Å². The highest BCUT2D eigenvalue weighted by molar-refractivity contribution is 9.10. The van der Waals surface area contributed by atoms with E-state index in [1.165, 1.54) is 0 Å². The van der Waals surface area contributed by atoms with Crippen molar-refractivity contribution in [3.63, 3.8) is 0 Å². The summed E-state index contributed by atoms with van der Waals surface area (Å²) in [6.07, 6.45) is 1.76. The van der Waals surface area contributed by atoms with Crippen molar-refractivity contribution in [2.75, 3.05) is 44.7 Å². The van der Waals surface area contributed by atoms with Crippen molar-refractivity contribution in [3.8, 4) is 11.3 Å². The Hall–Kier alpha value is -1.67. The predicted octanol–water partition coefficient (Wildman–Crippen LogP) is 3.56. The molecule has 1 fully saturated rings. The summed E-state index contributed by atoms with van der Waals surface area (Å²) in [5, 5.41) is 8.59. The lowest BCUT2D eigenvalue weighted by molar-refractivity contribution is 0.0398. The molecule has 1 N–H and O–H groups in total. The van der Waals surface area contributed by atoms with Crippen LogP contribution in [0.4, 0.5) is 5.82 Å². The SMILES string of the molecule is Clc1ccccc1-c1cc(NCCN2CCOCC2)n2ncc(Br)c2n1. The molecule has 0 spiro atoms. The van der Waals surface area contributed by atoms with Crippen molar-refractivity contribution in [3.05, 3.63) is 46.0 Å². The number of fused-ring (bicyclic) bond motifs is 1. The van der Waals surface area contributed by atoms with Crippen LogP contribution in [-0.2, 0) is 4.74 Å². The van der Waals surface area contributed by atoms with E-state index in [2.05, 4.69) is 31.2 Å². The summed E-state index contributed by atoms with van der Waals surface area (Å²) in [5.74, 6) is 0.892. The highest BCUT2D eigenvalue weighted by Crippen LogP contribution is 2.30. The average molecular weight is 437 g/mol. The van der Waals surface area contributed by atoms with E-state index >= 15 is 0 Å². The Balaban J connectivity index is 1.61. The van der Waals surface area contributed by atoms with Gasteiger partial charge in [-0.25, -0.2) is 4.98 Å². The maximum absolute atomic E-state index is 6.37. The number of rotatable bonds is 5. The van der Waals surface area contributed by atoms with Crippen LogP contribution < -0.4 is 5.32 Å². The molecule has 136 valence electrons. The van der Waals surface area contributed by atoms with Gasteiger partial charge >= 0.3 is 0 Å². The quantitative estimate of drug-likeness (QED) is 0.663. The zero-order valence-electron chi connectivity index (χ0n) is 14.2. The summed E-state index contributed by atoms with van der Waals surface area (Å²) in [4.78, 5) is 7.12. The first kappa shape index (κ1) is 17.7. The molecule has 0 saturated carbocycles. The van der Waals surface area contributed by atoms with E-state index in [9.17, 15) is 0 Å². The van der Waals surface area contributed by atoms with Gasteiger partial charge in [0.2, 0.25) is 0 Å². The van der Waals surface area contributed by atoms with Gasteiger partial charge in [0.25, 0.3) is 0 Å². The lowest BCUT2D eigenvalue weighted by Crippen LogP contribution is -2.39. The van der Waals surface area contributed by atoms with Gasteiger partial charge in [-0.05, 0) is 22.0 Å². The van der Waals surface area contributed by atoms with Crippen LogP contribution in [-0.4, -0.2) is 58.9 Å². The van der Waals surface area contributed by atoms with Crippen LogP contribution in [0.1, 0.15) is 0 Å². The number of anilines is 1. The molecule has 3 heterocycles.